The number of nitrogens with one attached hydrogen (secondary N) is 2. The first kappa shape index (κ1) is 40.4. The minimum absolute atomic E-state index is 0.0753. The van der Waals surface area contributed by atoms with Crippen molar-refractivity contribution in [3.63, 3.8) is 0 Å². The van der Waals surface area contributed by atoms with Gasteiger partial charge in [0.2, 0.25) is 11.8 Å². The van der Waals surface area contributed by atoms with Gasteiger partial charge in [0.05, 0.1) is 39.2 Å². The number of aromatic nitrogens is 4. The highest BCUT2D eigenvalue weighted by atomic mass is 32.1. The van der Waals surface area contributed by atoms with Gasteiger partial charge in [-0.05, 0) is 88.2 Å². The Kier molecular flexibility index (Phi) is 11.0. The Morgan fingerprint density at radius 2 is 1.75 bits per heavy atom. The molecule has 5 heterocycles. The highest BCUT2D eigenvalue weighted by Gasteiger charge is 2.35. The lowest BCUT2D eigenvalue weighted by Crippen LogP contribution is -2.45. The maximum atomic E-state index is 15.4. The number of thiazole rings is 1. The summed E-state index contributed by atoms with van der Waals surface area (Å²) >= 11 is 1.55. The third-order valence-electron chi connectivity index (χ3n) is 12.1. The molecule has 1 aliphatic carbocycles. The van der Waals surface area contributed by atoms with Crippen LogP contribution < -0.4 is 26.0 Å². The van der Waals surface area contributed by atoms with Crippen LogP contribution >= 0.6 is 11.3 Å². The number of hydrogen-bond donors (Lipinski definition) is 2. The molecule has 2 saturated heterocycles. The summed E-state index contributed by atoms with van der Waals surface area (Å²) in [6, 6.07) is 9.10. The van der Waals surface area contributed by atoms with Gasteiger partial charge in [-0.15, -0.1) is 11.3 Å². The van der Waals surface area contributed by atoms with Crippen molar-refractivity contribution in [1.29, 1.82) is 0 Å². The smallest absolute Gasteiger partial charge is 0.433 e. The zero-order valence-electron chi connectivity index (χ0n) is 32.8. The Morgan fingerprint density at radius 3 is 2.44 bits per heavy atom. The normalized spacial score (nSPS) is 20.7. The molecule has 0 bridgehead atoms. The van der Waals surface area contributed by atoms with E-state index in [1.165, 1.54) is 28.4 Å². The number of fused-ring (bicyclic) bond motifs is 2. The van der Waals surface area contributed by atoms with E-state index in [0.29, 0.717) is 28.9 Å². The van der Waals surface area contributed by atoms with Crippen LogP contribution in [0.3, 0.4) is 0 Å². The summed E-state index contributed by atoms with van der Waals surface area (Å²) in [5.74, 6) is -1.24. The Bertz CT molecular complexity index is 2500. The third kappa shape index (κ3) is 7.91. The first-order valence-corrected chi connectivity index (χ1v) is 20.5. The molecule has 1 unspecified atom stereocenters. The molecule has 5 aromatic rings. The van der Waals surface area contributed by atoms with Gasteiger partial charge in [0, 0.05) is 51.1 Å². The number of carbonyl (C=O) groups excluding carboxylic acids is 3. The van der Waals surface area contributed by atoms with E-state index in [1.807, 2.05) is 0 Å². The summed E-state index contributed by atoms with van der Waals surface area (Å²) in [5.41, 5.74) is 0.293. The number of piperidine rings is 2. The summed E-state index contributed by atoms with van der Waals surface area (Å²) in [6.45, 7) is 2.40. The fraction of sp³-hybridized carbons (Fsp3) is 0.463. The Hall–Kier alpha value is -5.36. The average molecular weight is 837 g/mol. The van der Waals surface area contributed by atoms with Gasteiger partial charge in [-0.3, -0.25) is 28.8 Å². The number of ether oxygens (including phenoxy) is 1. The van der Waals surface area contributed by atoms with Crippen molar-refractivity contribution in [3.05, 3.63) is 75.2 Å². The molecule has 3 fully saturated rings. The number of imidazole rings is 1. The number of carbonyl (C=O) groups is 3. The van der Waals surface area contributed by atoms with Gasteiger partial charge in [0.15, 0.2) is 0 Å². The summed E-state index contributed by atoms with van der Waals surface area (Å²) in [7, 11) is 5.21. The molecule has 2 aliphatic heterocycles. The monoisotopic (exact) mass is 836 g/mol. The molecule has 2 N–H and O–H groups in total. The van der Waals surface area contributed by atoms with Crippen LogP contribution in [0.5, 0.6) is 5.75 Å². The Morgan fingerprint density at radius 1 is 1.00 bits per heavy atom. The molecule has 312 valence electrons. The number of rotatable bonds is 9. The van der Waals surface area contributed by atoms with E-state index in [-0.39, 0.29) is 30.0 Å². The predicted molar refractivity (Wildman–Crippen MR) is 214 cm³/mol. The summed E-state index contributed by atoms with van der Waals surface area (Å²) in [5, 5.41) is 5.94. The summed E-state index contributed by atoms with van der Waals surface area (Å²) in [6.07, 6.45) is 1.37. The highest BCUT2D eigenvalue weighted by molar-refractivity contribution is 7.18. The zero-order valence-corrected chi connectivity index (χ0v) is 33.6. The molecule has 2 aromatic carbocycles. The van der Waals surface area contributed by atoms with Crippen LogP contribution in [0.2, 0.25) is 0 Å². The molecule has 59 heavy (non-hydrogen) atoms. The minimum Gasteiger partial charge on any atom is -0.494 e. The molecule has 1 atom stereocenters. The molecule has 1 saturated carbocycles. The minimum atomic E-state index is -4.68. The highest BCUT2D eigenvalue weighted by Crippen LogP contribution is 2.42. The average Bonchev–Trinajstić information content (AvgIpc) is 3.75. The quantitative estimate of drug-likeness (QED) is 0.124. The fourth-order valence-corrected chi connectivity index (χ4v) is 10.1. The standard InChI is InChI=1S/C41H44F4N8O5S/c1-50(24-15-17-52(18-16-24)29-12-11-25(42)35-36(29)51(2)40(57)53(35)30-13-14-34(54)49-38(30)56)21-22-7-9-23(10-8-22)39-48-28-19-31(58-3)27(20-32(28)59-39)47-37(55)26-5-4-6-33(46-26)41(43,44)45/h4-6,11-12,19-20,22-24,30H,7-10,13-18,21H2,1-3H3,(H,47,55)(H,49,54,56). The van der Waals surface area contributed by atoms with Crippen molar-refractivity contribution >= 4 is 61.7 Å². The van der Waals surface area contributed by atoms with Gasteiger partial charge in [0.1, 0.15) is 34.5 Å². The molecular formula is C41H44F4N8O5S. The van der Waals surface area contributed by atoms with Gasteiger partial charge < -0.3 is 19.9 Å². The molecule has 8 rings (SSSR count). The number of amides is 3. The third-order valence-corrected chi connectivity index (χ3v) is 13.3. The second-order valence-electron chi connectivity index (χ2n) is 15.7. The van der Waals surface area contributed by atoms with E-state index in [2.05, 4.69) is 32.5 Å². The van der Waals surface area contributed by atoms with Gasteiger partial charge >= 0.3 is 11.9 Å². The number of nitrogens with zero attached hydrogens (tertiary/aromatic N) is 6. The first-order chi connectivity index (χ1) is 28.2. The summed E-state index contributed by atoms with van der Waals surface area (Å²) < 4.78 is 63.9. The zero-order chi connectivity index (χ0) is 41.7. The Balaban J connectivity index is 0.874. The maximum Gasteiger partial charge on any atom is 0.433 e. The number of anilines is 2. The molecule has 3 aliphatic rings. The van der Waals surface area contributed by atoms with Gasteiger partial charge in [0.25, 0.3) is 5.91 Å². The topological polar surface area (TPSA) is 144 Å². The number of hydrogen-bond acceptors (Lipinski definition) is 10. The second-order valence-corrected chi connectivity index (χ2v) is 16.8. The molecule has 0 radical (unpaired) electrons. The Labute approximate surface area is 340 Å². The number of benzene rings is 2. The van der Waals surface area contributed by atoms with Gasteiger partial charge in [-0.1, -0.05) is 6.07 Å². The molecule has 18 heteroatoms. The van der Waals surface area contributed by atoms with E-state index >= 15 is 4.39 Å². The second kappa shape index (κ2) is 16.0. The molecule has 13 nitrogen and oxygen atoms in total. The number of alkyl halides is 3. The summed E-state index contributed by atoms with van der Waals surface area (Å²) in [4.78, 5) is 63.9. The van der Waals surface area contributed by atoms with E-state index in [0.717, 1.165) is 91.2 Å². The van der Waals surface area contributed by atoms with Crippen LogP contribution in [-0.2, 0) is 22.8 Å². The van der Waals surface area contributed by atoms with Crippen molar-refractivity contribution in [1.82, 2.24) is 29.3 Å². The van der Waals surface area contributed by atoms with E-state index < -0.39 is 47.1 Å². The van der Waals surface area contributed by atoms with Crippen LogP contribution in [0.15, 0.2) is 47.3 Å². The largest absolute Gasteiger partial charge is 0.494 e. The van der Waals surface area contributed by atoms with Crippen molar-refractivity contribution < 1.29 is 36.7 Å². The van der Waals surface area contributed by atoms with Crippen molar-refractivity contribution in [2.75, 3.05) is 44.0 Å². The first-order valence-electron chi connectivity index (χ1n) is 19.7. The number of halogens is 4. The lowest BCUT2D eigenvalue weighted by molar-refractivity contribution is -0.141. The van der Waals surface area contributed by atoms with E-state index in [9.17, 15) is 32.3 Å². The molecule has 3 aromatic heterocycles. The van der Waals surface area contributed by atoms with Crippen molar-refractivity contribution in [2.45, 2.75) is 75.5 Å². The number of imide groups is 1. The lowest BCUT2D eigenvalue weighted by atomic mass is 9.82. The van der Waals surface area contributed by atoms with Crippen molar-refractivity contribution in [2.24, 2.45) is 13.0 Å². The maximum absolute atomic E-state index is 15.4. The van der Waals surface area contributed by atoms with Crippen molar-refractivity contribution in [3.8, 4) is 5.75 Å². The van der Waals surface area contributed by atoms with Crippen LogP contribution in [0.1, 0.15) is 84.5 Å². The van der Waals surface area contributed by atoms with Crippen LogP contribution in [0.4, 0.5) is 28.9 Å². The molecule has 0 spiro atoms. The number of pyridine rings is 1. The van der Waals surface area contributed by atoms with Gasteiger partial charge in [-0.2, -0.15) is 13.2 Å². The predicted octanol–water partition coefficient (Wildman–Crippen LogP) is 6.62. The lowest BCUT2D eigenvalue weighted by Gasteiger charge is -2.40. The number of methoxy groups -OCH3 is 1. The SMILES string of the molecule is COc1cc2nc(C3CCC(CN(C)C4CCN(c5ccc(F)c6c5n(C)c(=O)n6C5CCC(=O)NC5=O)CC4)CC3)sc2cc1NC(=O)c1cccc(C(F)(F)F)n1. The van der Waals surface area contributed by atoms with Crippen LogP contribution in [0.25, 0.3) is 21.3 Å². The molecular weight excluding hydrogens is 793 g/mol. The van der Waals surface area contributed by atoms with Gasteiger partial charge in [-0.25, -0.2) is 19.2 Å². The number of aryl methyl sites for hydroxylation is 1. The fourth-order valence-electron chi connectivity index (χ4n) is 8.94. The van der Waals surface area contributed by atoms with Crippen LogP contribution in [-0.4, -0.2) is 81.6 Å². The molecule has 3 amide bonds. The van der Waals surface area contributed by atoms with E-state index in [4.69, 9.17) is 9.72 Å². The van der Waals surface area contributed by atoms with E-state index in [1.54, 1.807) is 36.6 Å². The van der Waals surface area contributed by atoms with Crippen LogP contribution in [0, 0.1) is 11.7 Å².